The van der Waals surface area contributed by atoms with E-state index in [1.807, 2.05) is 0 Å². The summed E-state index contributed by atoms with van der Waals surface area (Å²) < 4.78 is 0. The third-order valence-electron chi connectivity index (χ3n) is 19.0. The molecular weight excluding hydrogens is 677 g/mol. The second kappa shape index (κ2) is 18.2. The average Bonchev–Trinajstić information content (AvgIpc) is 3.87. The van der Waals surface area contributed by atoms with Crippen LogP contribution in [0.5, 0.6) is 0 Å². The van der Waals surface area contributed by atoms with Gasteiger partial charge in [-0.1, -0.05) is 38.5 Å². The molecule has 10 fully saturated rings. The summed E-state index contributed by atoms with van der Waals surface area (Å²) >= 11 is 0. The van der Waals surface area contributed by atoms with Crippen LogP contribution in [0.15, 0.2) is 24.3 Å². The SMILES string of the molecule is C=CC1(CC)C[C@H]2CC[C@H]2C1.CC=C1C[C@H]2CC[C@H]2C1.CCC1(C=O)C[C@H]2CC[C@H]2C1.CCC1(CN)C[C@H]2CC[C@H]2C1.NCC1(CC(=O)O)C[C@H]2CC[C@H]2C1. The van der Waals surface area contributed by atoms with E-state index in [9.17, 15) is 9.59 Å². The molecule has 10 aliphatic rings. The number of carbonyl (C=O) groups excluding carboxylic acids is 1. The molecule has 5 heteroatoms. The lowest BCUT2D eigenvalue weighted by atomic mass is 9.77. The monoisotopic (exact) mass is 761 g/mol. The molecule has 55 heavy (non-hydrogen) atoms. The van der Waals surface area contributed by atoms with E-state index in [-0.39, 0.29) is 17.3 Å². The first kappa shape index (κ1) is 43.1. The van der Waals surface area contributed by atoms with E-state index in [1.165, 1.54) is 135 Å². The van der Waals surface area contributed by atoms with Crippen LogP contribution in [0.2, 0.25) is 0 Å². The summed E-state index contributed by atoms with van der Waals surface area (Å²) in [4.78, 5) is 21.6. The Hall–Kier alpha value is -1.46. The summed E-state index contributed by atoms with van der Waals surface area (Å²) in [6.45, 7) is 14.4. The number of rotatable bonds is 9. The van der Waals surface area contributed by atoms with Gasteiger partial charge in [0, 0.05) is 5.41 Å². The van der Waals surface area contributed by atoms with Crippen LogP contribution in [0.4, 0.5) is 0 Å². The van der Waals surface area contributed by atoms with Crippen molar-refractivity contribution in [3.63, 3.8) is 0 Å². The lowest BCUT2D eigenvalue weighted by Crippen LogP contribution is -2.30. The molecule has 0 bridgehead atoms. The Morgan fingerprint density at radius 3 is 1.20 bits per heavy atom. The molecule has 0 spiro atoms. The summed E-state index contributed by atoms with van der Waals surface area (Å²) in [6, 6.07) is 0. The zero-order chi connectivity index (χ0) is 39.4. The molecule has 0 aromatic carbocycles. The third-order valence-corrected chi connectivity index (χ3v) is 19.0. The van der Waals surface area contributed by atoms with E-state index < -0.39 is 5.97 Å². The molecule has 312 valence electrons. The first-order chi connectivity index (χ1) is 26.4. The molecule has 0 aromatic heterocycles. The van der Waals surface area contributed by atoms with Crippen molar-refractivity contribution in [1.29, 1.82) is 0 Å². The minimum atomic E-state index is -0.688. The van der Waals surface area contributed by atoms with Crippen molar-refractivity contribution in [3.8, 4) is 0 Å². The molecule has 0 saturated heterocycles. The first-order valence-corrected chi connectivity index (χ1v) is 23.8. The second-order valence-electron chi connectivity index (χ2n) is 21.6. The van der Waals surface area contributed by atoms with Crippen LogP contribution in [0.3, 0.4) is 0 Å². The van der Waals surface area contributed by atoms with Gasteiger partial charge < -0.3 is 21.4 Å². The standard InChI is InChI=1S/C11H18.C10H17NO2.C10H19N.C10H16O.C9H14/c1-3-11(4-2)7-9-5-6-10(9)8-11;11-6-10(5-9(12)13)3-7-1-2-8(7)4-10;2*1-2-10(7-11)5-8-3-4-9(8)6-10;1-2-7-5-8-3-4-9(8)6-7/h3,9-10H,1,4-8H2,2H3;7-8H,1-6,11H2,(H,12,13);8-9H,2-7,11H2,1H3;7-9H,2-6H2,1H3;2,8-9H,3-6H2,1H3/t9-,10+,11?;7-,8+,10?;2*8-,9+,10?;8-,9+. The largest absolute Gasteiger partial charge is 0.481 e. The maximum Gasteiger partial charge on any atom is 0.303 e. The molecule has 5 N–H and O–H groups in total. The second-order valence-corrected chi connectivity index (χ2v) is 21.6. The number of carboxylic acid groups (broad SMARTS) is 1. The van der Waals surface area contributed by atoms with Gasteiger partial charge in [0.05, 0.1) is 6.42 Å². The van der Waals surface area contributed by atoms with Gasteiger partial charge >= 0.3 is 5.97 Å². The van der Waals surface area contributed by atoms with Crippen LogP contribution >= 0.6 is 0 Å². The van der Waals surface area contributed by atoms with Crippen molar-refractivity contribution in [2.24, 2.45) is 92.3 Å². The van der Waals surface area contributed by atoms with Gasteiger partial charge in [0.1, 0.15) is 6.29 Å². The smallest absolute Gasteiger partial charge is 0.303 e. The molecule has 14 atom stereocenters. The molecular formula is C50H84N2O3. The Labute approximate surface area is 337 Å². The molecule has 10 saturated carbocycles. The highest BCUT2D eigenvalue weighted by Crippen LogP contribution is 2.59. The van der Waals surface area contributed by atoms with Crippen LogP contribution in [-0.4, -0.2) is 30.5 Å². The molecule has 0 aliphatic heterocycles. The molecule has 0 aromatic rings. The predicted octanol–water partition coefficient (Wildman–Crippen LogP) is 11.9. The number of nitrogens with two attached hydrogens (primary N) is 2. The summed E-state index contributed by atoms with van der Waals surface area (Å²) in [5.74, 6) is 9.24. The summed E-state index contributed by atoms with van der Waals surface area (Å²) in [6.07, 6.45) is 37.2. The Morgan fingerprint density at radius 1 is 0.600 bits per heavy atom. The van der Waals surface area contributed by atoms with E-state index in [1.54, 1.807) is 5.57 Å². The number of carbonyl (C=O) groups is 2. The van der Waals surface area contributed by atoms with Gasteiger partial charge in [-0.15, -0.1) is 6.58 Å². The van der Waals surface area contributed by atoms with Crippen LogP contribution in [-0.2, 0) is 9.59 Å². The Kier molecular flexibility index (Phi) is 14.3. The maximum absolute atomic E-state index is 10.9. The fourth-order valence-corrected chi connectivity index (χ4v) is 13.9. The molecule has 0 heterocycles. The Bertz CT molecular complexity index is 1230. The van der Waals surface area contributed by atoms with Crippen molar-refractivity contribution >= 4 is 12.3 Å². The van der Waals surface area contributed by atoms with Gasteiger partial charge in [0.25, 0.3) is 0 Å². The van der Waals surface area contributed by atoms with Gasteiger partial charge in [0.15, 0.2) is 0 Å². The highest BCUT2D eigenvalue weighted by molar-refractivity contribution is 5.68. The molecule has 0 radical (unpaired) electrons. The zero-order valence-corrected chi connectivity index (χ0v) is 36.0. The number of aldehydes is 1. The first-order valence-electron chi connectivity index (χ1n) is 23.8. The summed E-state index contributed by atoms with van der Waals surface area (Å²) in [7, 11) is 0. The quantitative estimate of drug-likeness (QED) is 0.160. The van der Waals surface area contributed by atoms with Crippen LogP contribution < -0.4 is 11.5 Å². The number of hydrogen-bond donors (Lipinski definition) is 3. The number of allylic oxidation sites excluding steroid dienone is 3. The van der Waals surface area contributed by atoms with Crippen LogP contribution in [0, 0.1) is 80.8 Å². The summed E-state index contributed by atoms with van der Waals surface area (Å²) in [5.41, 5.74) is 14.4. The van der Waals surface area contributed by atoms with E-state index in [2.05, 4.69) is 46.4 Å². The average molecular weight is 761 g/mol. The lowest BCUT2D eigenvalue weighted by molar-refractivity contribution is -0.139. The van der Waals surface area contributed by atoms with Crippen molar-refractivity contribution in [2.45, 2.75) is 182 Å². The number of aliphatic carboxylic acids is 1. The number of carboxylic acids is 1. The minimum absolute atomic E-state index is 0.0579. The van der Waals surface area contributed by atoms with Gasteiger partial charge in [-0.2, -0.15) is 0 Å². The van der Waals surface area contributed by atoms with E-state index in [4.69, 9.17) is 16.6 Å². The number of fused-ring (bicyclic) bond motifs is 5. The molecule has 5 nitrogen and oxygen atoms in total. The third kappa shape index (κ3) is 9.39. The van der Waals surface area contributed by atoms with Crippen molar-refractivity contribution in [2.75, 3.05) is 13.1 Å². The maximum atomic E-state index is 10.9. The fraction of sp³-hybridized carbons (Fsp3) is 0.880. The molecule has 4 unspecified atom stereocenters. The van der Waals surface area contributed by atoms with Crippen LogP contribution in [0.25, 0.3) is 0 Å². The van der Waals surface area contributed by atoms with E-state index in [0.717, 1.165) is 85.0 Å². The Morgan fingerprint density at radius 2 is 0.945 bits per heavy atom. The van der Waals surface area contributed by atoms with Crippen molar-refractivity contribution < 1.29 is 14.7 Å². The van der Waals surface area contributed by atoms with Gasteiger partial charge in [-0.25, -0.2) is 0 Å². The van der Waals surface area contributed by atoms with Crippen molar-refractivity contribution in [3.05, 3.63) is 24.3 Å². The van der Waals surface area contributed by atoms with Gasteiger partial charge in [-0.05, 0) is 243 Å². The zero-order valence-electron chi connectivity index (χ0n) is 36.0. The highest BCUT2D eigenvalue weighted by Gasteiger charge is 2.50. The number of hydrogen-bond acceptors (Lipinski definition) is 4. The highest BCUT2D eigenvalue weighted by atomic mass is 16.4. The van der Waals surface area contributed by atoms with Crippen LogP contribution in [0.1, 0.15) is 182 Å². The topological polar surface area (TPSA) is 106 Å². The summed E-state index contributed by atoms with van der Waals surface area (Å²) in [5, 5.41) is 8.81. The van der Waals surface area contributed by atoms with E-state index >= 15 is 0 Å². The normalized spacial score (nSPS) is 46.3. The fourth-order valence-electron chi connectivity index (χ4n) is 13.9. The van der Waals surface area contributed by atoms with Gasteiger partial charge in [0.2, 0.25) is 0 Å². The minimum Gasteiger partial charge on any atom is -0.481 e. The van der Waals surface area contributed by atoms with Gasteiger partial charge in [-0.3, -0.25) is 4.79 Å². The van der Waals surface area contributed by atoms with Crippen molar-refractivity contribution in [1.82, 2.24) is 0 Å². The molecule has 10 aliphatic carbocycles. The lowest BCUT2D eigenvalue weighted by Gasteiger charge is -2.29. The van der Waals surface area contributed by atoms with E-state index in [0.29, 0.717) is 17.4 Å². The Balaban J connectivity index is 0.000000117. The predicted molar refractivity (Wildman–Crippen MR) is 228 cm³/mol. The molecule has 0 amide bonds. The molecule has 10 rings (SSSR count).